The van der Waals surface area contributed by atoms with Crippen LogP contribution in [0, 0.1) is 0 Å². The maximum Gasteiger partial charge on any atom is 0.339 e. The number of carboxylic acids is 1. The molecule has 0 aromatic heterocycles. The zero-order valence-corrected chi connectivity index (χ0v) is 21.5. The van der Waals surface area contributed by atoms with Crippen LogP contribution in [0.5, 0.6) is 23.0 Å². The minimum absolute atomic E-state index is 0.0241. The number of aliphatic hydroxyl groups excluding tert-OH is 1. The molecule has 5 rings (SSSR count). The maximum absolute atomic E-state index is 11.4. The SMILES string of the molecule is O=C(O)c1ccccc1Oc1ccc2c(c1)CC[C@H](CNC[C@H](O)COc1ccccc1-c1ccccc1)O2. The van der Waals surface area contributed by atoms with Crippen molar-refractivity contribution in [1.82, 2.24) is 5.32 Å². The van der Waals surface area contributed by atoms with Crippen LogP contribution in [0.1, 0.15) is 22.3 Å². The molecule has 7 heteroatoms. The van der Waals surface area contributed by atoms with Gasteiger partial charge < -0.3 is 29.7 Å². The molecule has 200 valence electrons. The first-order chi connectivity index (χ1) is 19.1. The second kappa shape index (κ2) is 12.5. The van der Waals surface area contributed by atoms with Crippen LogP contribution in [0.25, 0.3) is 11.1 Å². The smallest absolute Gasteiger partial charge is 0.339 e. The van der Waals surface area contributed by atoms with Gasteiger partial charge in [-0.05, 0) is 60.4 Å². The molecule has 0 fully saturated rings. The quantitative estimate of drug-likeness (QED) is 0.236. The van der Waals surface area contributed by atoms with Crippen LogP contribution in [-0.4, -0.2) is 48.1 Å². The van der Waals surface area contributed by atoms with Crippen molar-refractivity contribution in [3.63, 3.8) is 0 Å². The number of aromatic carboxylic acids is 1. The average Bonchev–Trinajstić information content (AvgIpc) is 2.97. The lowest BCUT2D eigenvalue weighted by Gasteiger charge is -2.27. The summed E-state index contributed by atoms with van der Waals surface area (Å²) in [5.74, 6) is 1.36. The predicted octanol–water partition coefficient (Wildman–Crippen LogP) is 5.57. The highest BCUT2D eigenvalue weighted by Gasteiger charge is 2.21. The van der Waals surface area contributed by atoms with Crippen LogP contribution in [0.2, 0.25) is 0 Å². The van der Waals surface area contributed by atoms with Gasteiger partial charge in [-0.15, -0.1) is 0 Å². The summed E-state index contributed by atoms with van der Waals surface area (Å²) in [4.78, 5) is 11.4. The van der Waals surface area contributed by atoms with Crippen LogP contribution < -0.4 is 19.5 Å². The first-order valence-corrected chi connectivity index (χ1v) is 13.0. The zero-order chi connectivity index (χ0) is 27.0. The van der Waals surface area contributed by atoms with Gasteiger partial charge >= 0.3 is 5.97 Å². The van der Waals surface area contributed by atoms with E-state index < -0.39 is 12.1 Å². The Morgan fingerprint density at radius 1 is 0.949 bits per heavy atom. The number of aryl methyl sites for hydroxylation is 1. The highest BCUT2D eigenvalue weighted by Crippen LogP contribution is 2.34. The van der Waals surface area contributed by atoms with E-state index in [0.29, 0.717) is 24.6 Å². The molecule has 0 saturated heterocycles. The van der Waals surface area contributed by atoms with Gasteiger partial charge in [0.05, 0.1) is 0 Å². The second-order valence-corrected chi connectivity index (χ2v) is 9.44. The van der Waals surface area contributed by atoms with E-state index in [-0.39, 0.29) is 18.3 Å². The number of para-hydroxylation sites is 2. The monoisotopic (exact) mass is 525 g/mol. The minimum Gasteiger partial charge on any atom is -0.490 e. The Labute approximate surface area is 227 Å². The maximum atomic E-state index is 11.4. The fraction of sp³-hybridized carbons (Fsp3) is 0.219. The third-order valence-corrected chi connectivity index (χ3v) is 6.56. The molecule has 0 bridgehead atoms. The number of nitrogens with one attached hydrogen (secondary N) is 1. The Morgan fingerprint density at radius 2 is 1.69 bits per heavy atom. The standard InChI is InChI=1S/C32H31NO6/c34-24(21-37-30-12-6-4-10-27(30)22-8-2-1-3-9-22)19-33-20-26-15-14-23-18-25(16-17-29(23)39-26)38-31-13-7-5-11-28(31)32(35)36/h1-13,16-18,24,26,33-34H,14-15,19-21H2,(H,35,36)/t24-,26+/m0/s1. The van der Waals surface area contributed by atoms with Crippen molar-refractivity contribution in [3.8, 4) is 34.1 Å². The van der Waals surface area contributed by atoms with Gasteiger partial charge in [-0.2, -0.15) is 0 Å². The third-order valence-electron chi connectivity index (χ3n) is 6.56. The second-order valence-electron chi connectivity index (χ2n) is 9.44. The molecular weight excluding hydrogens is 494 g/mol. The Kier molecular flexibility index (Phi) is 8.41. The number of hydrogen-bond acceptors (Lipinski definition) is 6. The highest BCUT2D eigenvalue weighted by atomic mass is 16.5. The van der Waals surface area contributed by atoms with Gasteiger partial charge in [0.1, 0.15) is 47.4 Å². The third kappa shape index (κ3) is 6.76. The van der Waals surface area contributed by atoms with Crippen molar-refractivity contribution in [2.45, 2.75) is 25.0 Å². The molecule has 7 nitrogen and oxygen atoms in total. The van der Waals surface area contributed by atoms with Gasteiger partial charge in [0, 0.05) is 18.7 Å². The molecule has 4 aromatic rings. The summed E-state index contributed by atoms with van der Waals surface area (Å²) < 4.78 is 18.0. The number of carboxylic acid groups (broad SMARTS) is 1. The predicted molar refractivity (Wildman–Crippen MR) is 149 cm³/mol. The summed E-state index contributed by atoms with van der Waals surface area (Å²) in [5, 5.41) is 23.2. The highest BCUT2D eigenvalue weighted by molar-refractivity contribution is 5.90. The first kappa shape index (κ1) is 26.3. The van der Waals surface area contributed by atoms with E-state index in [1.165, 1.54) is 6.07 Å². The molecule has 4 aromatic carbocycles. The van der Waals surface area contributed by atoms with Gasteiger partial charge in [-0.25, -0.2) is 4.79 Å². The molecule has 1 aliphatic rings. The van der Waals surface area contributed by atoms with E-state index in [1.54, 1.807) is 24.3 Å². The molecule has 0 amide bonds. The Balaban J connectivity index is 1.09. The topological polar surface area (TPSA) is 97.3 Å². The van der Waals surface area contributed by atoms with Crippen molar-refractivity contribution in [3.05, 3.63) is 108 Å². The number of hydrogen-bond donors (Lipinski definition) is 3. The lowest BCUT2D eigenvalue weighted by atomic mass is 10.0. The Hall–Kier alpha value is -4.33. The van der Waals surface area contributed by atoms with E-state index in [0.717, 1.165) is 41.0 Å². The zero-order valence-electron chi connectivity index (χ0n) is 21.5. The van der Waals surface area contributed by atoms with Crippen molar-refractivity contribution >= 4 is 5.97 Å². The normalized spacial score (nSPS) is 15.1. The van der Waals surface area contributed by atoms with Crippen LogP contribution in [0.15, 0.2) is 97.1 Å². The number of aliphatic hydroxyl groups is 1. The summed E-state index contributed by atoms with van der Waals surface area (Å²) in [6, 6.07) is 30.0. The van der Waals surface area contributed by atoms with E-state index in [9.17, 15) is 15.0 Å². The number of benzene rings is 4. The first-order valence-electron chi connectivity index (χ1n) is 13.0. The van der Waals surface area contributed by atoms with Gasteiger partial charge in [0.15, 0.2) is 0 Å². The summed E-state index contributed by atoms with van der Waals surface area (Å²) in [7, 11) is 0. The van der Waals surface area contributed by atoms with Gasteiger partial charge in [0.25, 0.3) is 0 Å². The molecule has 0 unspecified atom stereocenters. The molecule has 2 atom stereocenters. The van der Waals surface area contributed by atoms with E-state index in [2.05, 4.69) is 5.32 Å². The molecule has 3 N–H and O–H groups in total. The Morgan fingerprint density at radius 3 is 2.51 bits per heavy atom. The van der Waals surface area contributed by atoms with Crippen molar-refractivity contribution < 1.29 is 29.2 Å². The molecule has 1 heterocycles. The molecule has 0 aliphatic carbocycles. The fourth-order valence-electron chi connectivity index (χ4n) is 4.59. The van der Waals surface area contributed by atoms with Crippen molar-refractivity contribution in [2.24, 2.45) is 0 Å². The molecule has 39 heavy (non-hydrogen) atoms. The van der Waals surface area contributed by atoms with E-state index in [1.807, 2.05) is 66.7 Å². The largest absolute Gasteiger partial charge is 0.490 e. The summed E-state index contributed by atoms with van der Waals surface area (Å²) in [6.45, 7) is 1.16. The van der Waals surface area contributed by atoms with Crippen molar-refractivity contribution in [2.75, 3.05) is 19.7 Å². The van der Waals surface area contributed by atoms with Gasteiger partial charge in [-0.3, -0.25) is 0 Å². The summed E-state index contributed by atoms with van der Waals surface area (Å²) >= 11 is 0. The van der Waals surface area contributed by atoms with Crippen molar-refractivity contribution in [1.29, 1.82) is 0 Å². The number of fused-ring (bicyclic) bond motifs is 1. The van der Waals surface area contributed by atoms with Gasteiger partial charge in [-0.1, -0.05) is 60.7 Å². The molecule has 1 aliphatic heterocycles. The molecule has 0 radical (unpaired) electrons. The van der Waals surface area contributed by atoms with Gasteiger partial charge in [0.2, 0.25) is 0 Å². The van der Waals surface area contributed by atoms with Crippen LogP contribution in [0.3, 0.4) is 0 Å². The lowest BCUT2D eigenvalue weighted by Crippen LogP contribution is -2.39. The fourth-order valence-corrected chi connectivity index (χ4v) is 4.59. The number of rotatable bonds is 11. The van der Waals surface area contributed by atoms with Crippen LogP contribution >= 0.6 is 0 Å². The summed E-state index contributed by atoms with van der Waals surface area (Å²) in [5.41, 5.74) is 3.19. The average molecular weight is 526 g/mol. The number of carbonyl (C=O) groups is 1. The minimum atomic E-state index is -1.03. The van der Waals surface area contributed by atoms with E-state index >= 15 is 0 Å². The summed E-state index contributed by atoms with van der Waals surface area (Å²) in [6.07, 6.45) is 0.926. The van der Waals surface area contributed by atoms with Crippen LogP contribution in [-0.2, 0) is 6.42 Å². The molecular formula is C32H31NO6. The molecule has 0 saturated carbocycles. The number of ether oxygens (including phenoxy) is 3. The molecule has 0 spiro atoms. The van der Waals surface area contributed by atoms with E-state index in [4.69, 9.17) is 14.2 Å². The Bertz CT molecular complexity index is 1410. The van der Waals surface area contributed by atoms with Crippen LogP contribution in [0.4, 0.5) is 0 Å². The lowest BCUT2D eigenvalue weighted by molar-refractivity contribution is 0.0694.